The van der Waals surface area contributed by atoms with Crippen molar-refractivity contribution in [3.63, 3.8) is 0 Å². The highest BCUT2D eigenvalue weighted by Crippen LogP contribution is 2.30. The highest BCUT2D eigenvalue weighted by molar-refractivity contribution is 7.80. The summed E-state index contributed by atoms with van der Waals surface area (Å²) in [6.45, 7) is 0.144. The van der Waals surface area contributed by atoms with E-state index in [4.69, 9.17) is 9.96 Å². The average molecular weight is 397 g/mol. The first-order valence-corrected chi connectivity index (χ1v) is 9.66. The molecule has 11 nitrogen and oxygen atoms in total. The van der Waals surface area contributed by atoms with Gasteiger partial charge in [0.1, 0.15) is 5.84 Å². The molecule has 2 aliphatic rings. The zero-order chi connectivity index (χ0) is 19.6. The number of hydroxylamine groups is 2. The first-order valence-electron chi connectivity index (χ1n) is 8.29. The average Bonchev–Trinajstić information content (AvgIpc) is 2.84. The molecule has 2 atom stereocenters. The molecule has 0 aromatic carbocycles. The van der Waals surface area contributed by atoms with Crippen molar-refractivity contribution in [2.24, 2.45) is 0 Å². The highest BCUT2D eigenvalue weighted by atomic mass is 32.3. The van der Waals surface area contributed by atoms with Crippen molar-refractivity contribution in [1.82, 2.24) is 20.3 Å². The van der Waals surface area contributed by atoms with Gasteiger partial charge in [-0.2, -0.15) is 13.5 Å². The number of aromatic nitrogens is 1. The number of aryl methyl sites for hydroxylation is 1. The smallest absolute Gasteiger partial charge is 0.313 e. The van der Waals surface area contributed by atoms with Crippen LogP contribution in [0.1, 0.15) is 25.0 Å². The molecule has 2 fully saturated rings. The maximum Gasteiger partial charge on any atom is 0.418 e. The van der Waals surface area contributed by atoms with E-state index in [0.29, 0.717) is 24.3 Å². The third-order valence-corrected chi connectivity index (χ3v) is 4.79. The first kappa shape index (κ1) is 19.2. The topological polar surface area (TPSA) is 153 Å². The van der Waals surface area contributed by atoms with Crippen molar-refractivity contribution in [2.45, 2.75) is 37.8 Å². The van der Waals surface area contributed by atoms with Gasteiger partial charge in [0.2, 0.25) is 5.91 Å². The van der Waals surface area contributed by atoms with Crippen molar-refractivity contribution in [3.05, 3.63) is 30.1 Å². The predicted molar refractivity (Wildman–Crippen MR) is 91.8 cm³/mol. The maximum atomic E-state index is 12.3. The lowest BCUT2D eigenvalue weighted by molar-refractivity contribution is -0.119. The summed E-state index contributed by atoms with van der Waals surface area (Å²) in [5.41, 5.74) is 0.757. The van der Waals surface area contributed by atoms with Gasteiger partial charge in [0.05, 0.1) is 12.1 Å². The lowest BCUT2D eigenvalue weighted by atomic mass is 10.00. The molecule has 0 aliphatic carbocycles. The van der Waals surface area contributed by atoms with Crippen molar-refractivity contribution in [3.8, 4) is 0 Å². The Kier molecular flexibility index (Phi) is 5.39. The number of amidine groups is 1. The zero-order valence-electron chi connectivity index (χ0n) is 14.2. The molecule has 0 radical (unpaired) electrons. The standard InChI is InChI=1S/C15H19N5O6S/c16-14(18-13(21)7-4-10-3-1-2-8-17-10)12-6-5-11-9-19(12)15(22)20(11)26-27(23,24)25/h1-3,8,11-12H,4-7,9H2,(H2,16,18,21)(H,23,24,25). The zero-order valence-corrected chi connectivity index (χ0v) is 15.1. The molecule has 3 heterocycles. The summed E-state index contributed by atoms with van der Waals surface area (Å²) < 4.78 is 34.9. The SMILES string of the molecule is N=C(NC(=O)CCc1ccccn1)C1CCC2CN1C(=O)N2OS(=O)(=O)O. The molecule has 1 aromatic rings. The molecular weight excluding hydrogens is 378 g/mol. The number of carbonyl (C=O) groups is 2. The number of carbonyl (C=O) groups excluding carboxylic acids is 2. The normalized spacial score (nSPS) is 22.0. The van der Waals surface area contributed by atoms with E-state index in [9.17, 15) is 18.0 Å². The van der Waals surface area contributed by atoms with E-state index in [-0.39, 0.29) is 24.7 Å². The second-order valence-corrected chi connectivity index (χ2v) is 7.30. The fourth-order valence-corrected chi connectivity index (χ4v) is 3.60. The van der Waals surface area contributed by atoms with E-state index in [2.05, 4.69) is 14.6 Å². The number of rotatable bonds is 6. The summed E-state index contributed by atoms with van der Waals surface area (Å²) in [7, 11) is -4.82. The number of hydrogen-bond acceptors (Lipinski definition) is 7. The Labute approximate surface area is 155 Å². The summed E-state index contributed by atoms with van der Waals surface area (Å²) in [5.74, 6) is -0.507. The van der Waals surface area contributed by atoms with Gasteiger partial charge in [-0.3, -0.25) is 19.7 Å². The van der Waals surface area contributed by atoms with Crippen LogP contribution in [0.5, 0.6) is 0 Å². The molecular formula is C15H19N5O6S. The molecule has 0 saturated carbocycles. The lowest BCUT2D eigenvalue weighted by Gasteiger charge is -2.30. The van der Waals surface area contributed by atoms with Crippen molar-refractivity contribution in [2.75, 3.05) is 6.54 Å². The summed E-state index contributed by atoms with van der Waals surface area (Å²) in [4.78, 5) is 29.8. The van der Waals surface area contributed by atoms with Crippen LogP contribution in [0.15, 0.2) is 24.4 Å². The third kappa shape index (κ3) is 4.59. The largest absolute Gasteiger partial charge is 0.418 e. The van der Waals surface area contributed by atoms with Crippen LogP contribution in [0.3, 0.4) is 0 Å². The number of pyridine rings is 1. The Morgan fingerprint density at radius 2 is 2.19 bits per heavy atom. The van der Waals surface area contributed by atoms with Crippen LogP contribution < -0.4 is 5.32 Å². The van der Waals surface area contributed by atoms with Gasteiger partial charge in [0, 0.05) is 24.9 Å². The van der Waals surface area contributed by atoms with E-state index in [1.54, 1.807) is 18.3 Å². The number of hydrogen-bond donors (Lipinski definition) is 3. The summed E-state index contributed by atoms with van der Waals surface area (Å²) >= 11 is 0. The van der Waals surface area contributed by atoms with E-state index < -0.39 is 28.5 Å². The number of nitrogens with zero attached hydrogens (tertiary/aromatic N) is 3. The van der Waals surface area contributed by atoms with Crippen LogP contribution >= 0.6 is 0 Å². The van der Waals surface area contributed by atoms with Gasteiger partial charge < -0.3 is 10.2 Å². The molecule has 2 unspecified atom stereocenters. The predicted octanol–water partition coefficient (Wildman–Crippen LogP) is 0.111. The van der Waals surface area contributed by atoms with Gasteiger partial charge in [0.15, 0.2) is 0 Å². The minimum Gasteiger partial charge on any atom is -0.313 e. The number of piperidine rings is 1. The van der Waals surface area contributed by atoms with E-state index >= 15 is 0 Å². The van der Waals surface area contributed by atoms with Gasteiger partial charge in [-0.15, -0.1) is 4.28 Å². The molecule has 2 aliphatic heterocycles. The second kappa shape index (κ2) is 7.58. The Morgan fingerprint density at radius 3 is 2.85 bits per heavy atom. The lowest BCUT2D eigenvalue weighted by Crippen LogP contribution is -2.50. The number of nitrogens with one attached hydrogen (secondary N) is 2. The van der Waals surface area contributed by atoms with Gasteiger partial charge in [-0.05, 0) is 31.4 Å². The van der Waals surface area contributed by atoms with Crippen LogP contribution in [-0.2, 0) is 25.9 Å². The first-order chi connectivity index (χ1) is 12.7. The molecule has 3 amide bonds. The van der Waals surface area contributed by atoms with Gasteiger partial charge >= 0.3 is 16.4 Å². The molecule has 1 aromatic heterocycles. The molecule has 3 N–H and O–H groups in total. The summed E-state index contributed by atoms with van der Waals surface area (Å²) in [5, 5.41) is 11.2. The third-order valence-electron chi connectivity index (χ3n) is 4.44. The number of amides is 3. The monoisotopic (exact) mass is 397 g/mol. The molecule has 2 saturated heterocycles. The molecule has 0 spiro atoms. The Morgan fingerprint density at radius 1 is 1.41 bits per heavy atom. The summed E-state index contributed by atoms with van der Waals surface area (Å²) in [6, 6.07) is 3.39. The Hall–Kier alpha value is -2.57. The van der Waals surface area contributed by atoms with Crippen molar-refractivity contribution >= 4 is 28.2 Å². The summed E-state index contributed by atoms with van der Waals surface area (Å²) in [6.07, 6.45) is 2.93. The van der Waals surface area contributed by atoms with Crippen LogP contribution in [0, 0.1) is 5.41 Å². The maximum absolute atomic E-state index is 12.3. The van der Waals surface area contributed by atoms with Crippen LogP contribution in [0.2, 0.25) is 0 Å². The molecule has 146 valence electrons. The second-order valence-electron chi connectivity index (χ2n) is 6.29. The fraction of sp³-hybridized carbons (Fsp3) is 0.467. The Bertz CT molecular complexity index is 846. The van der Waals surface area contributed by atoms with Gasteiger partial charge in [-0.25, -0.2) is 4.79 Å². The number of urea groups is 1. The van der Waals surface area contributed by atoms with Crippen molar-refractivity contribution < 1.29 is 26.8 Å². The van der Waals surface area contributed by atoms with Gasteiger partial charge in [0.25, 0.3) is 0 Å². The fourth-order valence-electron chi connectivity index (χ4n) is 3.22. The number of fused-ring (bicyclic) bond motifs is 2. The quantitative estimate of drug-likeness (QED) is 0.350. The van der Waals surface area contributed by atoms with Crippen molar-refractivity contribution in [1.29, 1.82) is 5.41 Å². The van der Waals surface area contributed by atoms with Crippen LogP contribution in [0.25, 0.3) is 0 Å². The van der Waals surface area contributed by atoms with Gasteiger partial charge in [-0.1, -0.05) is 6.07 Å². The highest BCUT2D eigenvalue weighted by Gasteiger charge is 2.48. The molecule has 3 rings (SSSR count). The molecule has 27 heavy (non-hydrogen) atoms. The van der Waals surface area contributed by atoms with E-state index in [1.807, 2.05) is 6.07 Å². The Balaban J connectivity index is 1.56. The molecule has 2 bridgehead atoms. The minimum absolute atomic E-state index is 0.137. The van der Waals surface area contributed by atoms with Crippen LogP contribution in [-0.4, -0.2) is 64.3 Å². The molecule has 12 heteroatoms. The van der Waals surface area contributed by atoms with Crippen LogP contribution in [0.4, 0.5) is 4.79 Å². The van der Waals surface area contributed by atoms with E-state index in [0.717, 1.165) is 5.69 Å². The van der Waals surface area contributed by atoms with E-state index in [1.165, 1.54) is 4.90 Å². The minimum atomic E-state index is -4.82.